The Kier molecular flexibility index (Phi) is 62.4. The minimum Gasteiger partial charge on any atom is -0.462 e. The Balaban J connectivity index is 5.27. The number of ether oxygens (including phenoxy) is 4. The van der Waals surface area contributed by atoms with Crippen LogP contribution in [0.15, 0.2) is 0 Å². The molecule has 0 heterocycles. The van der Waals surface area contributed by atoms with Gasteiger partial charge >= 0.3 is 39.5 Å². The van der Waals surface area contributed by atoms with Gasteiger partial charge in [0.05, 0.1) is 26.4 Å². The van der Waals surface area contributed by atoms with Gasteiger partial charge in [0.15, 0.2) is 12.2 Å². The van der Waals surface area contributed by atoms with Crippen LogP contribution in [0.3, 0.4) is 0 Å². The quantitative estimate of drug-likeness (QED) is 0.0222. The summed E-state index contributed by atoms with van der Waals surface area (Å²) in [7, 11) is -9.91. The lowest BCUT2D eigenvalue weighted by molar-refractivity contribution is -0.161. The van der Waals surface area contributed by atoms with Gasteiger partial charge in [-0.2, -0.15) is 0 Å². The predicted molar refractivity (Wildman–Crippen MR) is 372 cm³/mol. The molecule has 0 saturated carbocycles. The number of carbonyl (C=O) groups excluding carboxylic acids is 4. The zero-order valence-electron chi connectivity index (χ0n) is 60.0. The summed E-state index contributed by atoms with van der Waals surface area (Å²) in [6, 6.07) is 0. The summed E-state index contributed by atoms with van der Waals surface area (Å²) in [6.07, 6.45) is 48.4. The van der Waals surface area contributed by atoms with E-state index in [0.29, 0.717) is 25.7 Å². The van der Waals surface area contributed by atoms with Gasteiger partial charge in [-0.15, -0.1) is 0 Å². The molecule has 0 spiro atoms. The van der Waals surface area contributed by atoms with E-state index in [1.165, 1.54) is 173 Å². The summed E-state index contributed by atoms with van der Waals surface area (Å²) < 4.78 is 68.4. The number of hydrogen-bond donors (Lipinski definition) is 3. The maximum absolute atomic E-state index is 13.1. The summed E-state index contributed by atoms with van der Waals surface area (Å²) >= 11 is 0. The molecule has 0 fully saturated rings. The third-order valence-electron chi connectivity index (χ3n) is 17.6. The molecule has 0 aliphatic carbocycles. The minimum atomic E-state index is -4.96. The van der Waals surface area contributed by atoms with Crippen LogP contribution in [0.1, 0.15) is 370 Å². The number of carbonyl (C=O) groups is 4. The normalized spacial score (nSPS) is 14.7. The number of aliphatic hydroxyl groups is 1. The van der Waals surface area contributed by atoms with Crippen LogP contribution in [-0.2, 0) is 65.4 Å². The lowest BCUT2D eigenvalue weighted by Crippen LogP contribution is -2.30. The van der Waals surface area contributed by atoms with Crippen molar-refractivity contribution in [1.82, 2.24) is 0 Å². The number of unbranched alkanes of at least 4 members (excludes halogenated alkanes) is 37. The molecule has 7 atom stereocenters. The molecule has 19 heteroatoms. The fourth-order valence-electron chi connectivity index (χ4n) is 11.0. The van der Waals surface area contributed by atoms with E-state index in [1.807, 2.05) is 0 Å². The number of phosphoric ester groups is 2. The molecule has 3 N–H and O–H groups in total. The maximum atomic E-state index is 13.1. The van der Waals surface area contributed by atoms with Crippen molar-refractivity contribution in [2.24, 2.45) is 17.8 Å². The molecule has 0 rings (SSSR count). The molecule has 0 radical (unpaired) electrons. The fraction of sp³-hybridized carbons (Fsp3) is 0.945. The van der Waals surface area contributed by atoms with E-state index in [-0.39, 0.29) is 25.7 Å². The lowest BCUT2D eigenvalue weighted by atomic mass is 9.99. The monoisotopic (exact) mass is 1350 g/mol. The van der Waals surface area contributed by atoms with Crippen molar-refractivity contribution in [2.75, 3.05) is 39.6 Å². The van der Waals surface area contributed by atoms with Crippen LogP contribution >= 0.6 is 15.6 Å². The number of phosphoric acid groups is 2. The van der Waals surface area contributed by atoms with Crippen molar-refractivity contribution in [3.8, 4) is 0 Å². The van der Waals surface area contributed by atoms with Gasteiger partial charge in [0.2, 0.25) is 0 Å². The third kappa shape index (κ3) is 64.1. The second-order valence-corrected chi connectivity index (χ2v) is 30.2. The molecule has 0 saturated heterocycles. The second kappa shape index (κ2) is 63.8. The van der Waals surface area contributed by atoms with Gasteiger partial charge in [-0.3, -0.25) is 37.3 Å². The zero-order chi connectivity index (χ0) is 68.0. The minimum absolute atomic E-state index is 0.105. The highest BCUT2D eigenvalue weighted by molar-refractivity contribution is 7.47. The zero-order valence-corrected chi connectivity index (χ0v) is 61.8. The number of hydrogen-bond acceptors (Lipinski definition) is 15. The van der Waals surface area contributed by atoms with Crippen molar-refractivity contribution in [1.29, 1.82) is 0 Å². The average Bonchev–Trinajstić information content (AvgIpc) is 1.65. The van der Waals surface area contributed by atoms with Crippen molar-refractivity contribution < 1.29 is 80.2 Å². The Morgan fingerprint density at radius 1 is 0.315 bits per heavy atom. The molecule has 0 aromatic rings. The first-order chi connectivity index (χ1) is 44.3. The molecule has 546 valence electrons. The Hall–Kier alpha value is -1.94. The SMILES string of the molecule is CCCCCCCCCCCCCCCCCC(=O)O[C@H](COC(=O)CCCCCCCCCCCCC(C)CC)COP(=O)(O)OC[C@@H](O)COP(=O)(O)OC[C@@H](COC(=O)CCCCCCCCC(C)CC)OC(=O)CCCCCCCCCCCCC(C)C. The molecule has 92 heavy (non-hydrogen) atoms. The summed E-state index contributed by atoms with van der Waals surface area (Å²) in [5.74, 6) is 0.171. The van der Waals surface area contributed by atoms with E-state index in [1.54, 1.807) is 0 Å². The fourth-order valence-corrected chi connectivity index (χ4v) is 12.6. The molecule has 0 aromatic heterocycles. The van der Waals surface area contributed by atoms with Crippen LogP contribution in [0.4, 0.5) is 0 Å². The molecule has 0 amide bonds. The summed E-state index contributed by atoms with van der Waals surface area (Å²) in [5, 5.41) is 10.6. The van der Waals surface area contributed by atoms with Crippen LogP contribution in [0, 0.1) is 17.8 Å². The lowest BCUT2D eigenvalue weighted by Gasteiger charge is -2.21. The Morgan fingerprint density at radius 2 is 0.554 bits per heavy atom. The first-order valence-corrected chi connectivity index (χ1v) is 40.9. The van der Waals surface area contributed by atoms with E-state index >= 15 is 0 Å². The standard InChI is InChI=1S/C73H142O17P2/c1-8-11-12-13-14-15-16-17-18-19-20-28-33-42-49-56-72(77)89-68(60-83-70(75)54-47-40-32-27-24-22-26-31-38-45-52-65(6)9-2)62-87-91(79,80)85-58-67(74)59-86-92(81,82)88-63-69(61-84-71(76)55-48-41-36-35-39-46-53-66(7)10-3)90-73(78)57-50-43-34-29-23-21-25-30-37-44-51-64(4)5/h64-69,74H,8-63H2,1-7H3,(H,79,80)(H,81,82)/t65?,66?,67-,68-,69-/m1/s1. The maximum Gasteiger partial charge on any atom is 0.472 e. The van der Waals surface area contributed by atoms with Gasteiger partial charge in [0.25, 0.3) is 0 Å². The number of esters is 4. The van der Waals surface area contributed by atoms with Gasteiger partial charge < -0.3 is 33.8 Å². The highest BCUT2D eigenvalue weighted by Crippen LogP contribution is 2.45. The summed E-state index contributed by atoms with van der Waals surface area (Å²) in [5.41, 5.74) is 0. The smallest absolute Gasteiger partial charge is 0.462 e. The first-order valence-electron chi connectivity index (χ1n) is 37.9. The molecule has 17 nitrogen and oxygen atoms in total. The van der Waals surface area contributed by atoms with Gasteiger partial charge in [0, 0.05) is 25.7 Å². The average molecular weight is 1350 g/mol. The first kappa shape index (κ1) is 90.1. The topological polar surface area (TPSA) is 237 Å². The number of aliphatic hydroxyl groups excluding tert-OH is 1. The Bertz CT molecular complexity index is 1810. The Labute approximate surface area is 562 Å². The van der Waals surface area contributed by atoms with Crippen molar-refractivity contribution >= 4 is 39.5 Å². The van der Waals surface area contributed by atoms with Crippen LogP contribution in [0.5, 0.6) is 0 Å². The molecular weight excluding hydrogens is 1210 g/mol. The molecule has 0 bridgehead atoms. The molecule has 0 aliphatic rings. The van der Waals surface area contributed by atoms with Crippen LogP contribution in [0.2, 0.25) is 0 Å². The van der Waals surface area contributed by atoms with Gasteiger partial charge in [-0.1, -0.05) is 318 Å². The van der Waals surface area contributed by atoms with Crippen molar-refractivity contribution in [2.45, 2.75) is 388 Å². The molecule has 0 aliphatic heterocycles. The highest BCUT2D eigenvalue weighted by atomic mass is 31.2. The van der Waals surface area contributed by atoms with Crippen LogP contribution < -0.4 is 0 Å². The molecular formula is C73H142O17P2. The Morgan fingerprint density at radius 3 is 0.826 bits per heavy atom. The van der Waals surface area contributed by atoms with E-state index in [0.717, 1.165) is 114 Å². The van der Waals surface area contributed by atoms with Crippen LogP contribution in [-0.4, -0.2) is 96.7 Å². The van der Waals surface area contributed by atoms with Crippen molar-refractivity contribution in [3.05, 3.63) is 0 Å². The largest absolute Gasteiger partial charge is 0.472 e. The van der Waals surface area contributed by atoms with E-state index in [9.17, 15) is 43.2 Å². The van der Waals surface area contributed by atoms with Gasteiger partial charge in [-0.25, -0.2) is 9.13 Å². The highest BCUT2D eigenvalue weighted by Gasteiger charge is 2.30. The van der Waals surface area contributed by atoms with Crippen LogP contribution in [0.25, 0.3) is 0 Å². The summed E-state index contributed by atoms with van der Waals surface area (Å²) in [4.78, 5) is 72.7. The van der Waals surface area contributed by atoms with E-state index in [4.69, 9.17) is 37.0 Å². The molecule has 0 aromatic carbocycles. The third-order valence-corrected chi connectivity index (χ3v) is 19.5. The second-order valence-electron chi connectivity index (χ2n) is 27.3. The van der Waals surface area contributed by atoms with Gasteiger partial charge in [-0.05, 0) is 43.4 Å². The van der Waals surface area contributed by atoms with Gasteiger partial charge in [0.1, 0.15) is 19.3 Å². The summed E-state index contributed by atoms with van der Waals surface area (Å²) in [6.45, 7) is 11.9. The molecule has 4 unspecified atom stereocenters. The van der Waals surface area contributed by atoms with E-state index < -0.39 is 97.5 Å². The van der Waals surface area contributed by atoms with E-state index in [2.05, 4.69) is 48.5 Å². The number of rotatable bonds is 71. The predicted octanol–water partition coefficient (Wildman–Crippen LogP) is 21.0. The van der Waals surface area contributed by atoms with Crippen molar-refractivity contribution in [3.63, 3.8) is 0 Å².